The summed E-state index contributed by atoms with van der Waals surface area (Å²) in [6, 6.07) is 0. The topological polar surface area (TPSA) is 35.6 Å². The Bertz CT molecular complexity index is 602. The Morgan fingerprint density at radius 1 is 1.33 bits per heavy atom. The normalized spacial score (nSPS) is 14.8. The Labute approximate surface area is 136 Å². The van der Waals surface area contributed by atoms with E-state index in [1.165, 1.54) is 0 Å². The van der Waals surface area contributed by atoms with Crippen LogP contribution in [0.2, 0.25) is 0 Å². The summed E-state index contributed by atoms with van der Waals surface area (Å²) in [5.41, 5.74) is 3.22. The van der Waals surface area contributed by atoms with Crippen molar-refractivity contribution in [2.45, 2.75) is 57.2 Å². The number of nitrogens with zero attached hydrogens (tertiary/aromatic N) is 4. The molecular formula is C15H25ClN4S. The predicted octanol–water partition coefficient (Wildman–Crippen LogP) is 4.16. The molecule has 2 unspecified atom stereocenters. The summed E-state index contributed by atoms with van der Waals surface area (Å²) in [5, 5.41) is 5.18. The van der Waals surface area contributed by atoms with Crippen molar-refractivity contribution in [1.82, 2.24) is 19.3 Å². The number of aryl methyl sites for hydroxylation is 3. The average molecular weight is 329 g/mol. The van der Waals surface area contributed by atoms with Gasteiger partial charge in [0.05, 0.1) is 11.1 Å². The van der Waals surface area contributed by atoms with E-state index in [9.17, 15) is 0 Å². The lowest BCUT2D eigenvalue weighted by Crippen LogP contribution is -2.11. The Kier molecular flexibility index (Phi) is 5.60. The van der Waals surface area contributed by atoms with Gasteiger partial charge in [-0.1, -0.05) is 20.3 Å². The van der Waals surface area contributed by atoms with Gasteiger partial charge in [0.2, 0.25) is 0 Å². The van der Waals surface area contributed by atoms with Crippen molar-refractivity contribution < 1.29 is 0 Å². The second-order valence-corrected chi connectivity index (χ2v) is 7.50. The largest absolute Gasteiger partial charge is 0.312 e. The third-order valence-electron chi connectivity index (χ3n) is 3.83. The first-order chi connectivity index (χ1) is 9.99. The number of imidazole rings is 1. The second kappa shape index (κ2) is 7.05. The standard InChI is InChI=1S/C15H25ClN4S/c1-6-7-12-13-15(19(4)18-12)20(9-8-10(2)21-5)14(17-13)11(3)16/h10-11H,6-9H2,1-5H3. The maximum absolute atomic E-state index is 6.35. The third kappa shape index (κ3) is 3.39. The Hall–Kier alpha value is -0.680. The molecule has 118 valence electrons. The molecule has 2 atom stereocenters. The van der Waals surface area contributed by atoms with E-state index in [0.29, 0.717) is 5.25 Å². The van der Waals surface area contributed by atoms with Crippen LogP contribution in [-0.4, -0.2) is 30.8 Å². The minimum absolute atomic E-state index is 0.0866. The number of aromatic nitrogens is 4. The summed E-state index contributed by atoms with van der Waals surface area (Å²) < 4.78 is 4.21. The lowest BCUT2D eigenvalue weighted by atomic mass is 10.2. The fraction of sp³-hybridized carbons (Fsp3) is 0.733. The molecule has 2 rings (SSSR count). The summed E-state index contributed by atoms with van der Waals surface area (Å²) in [6.07, 6.45) is 5.31. The summed E-state index contributed by atoms with van der Waals surface area (Å²) in [7, 11) is 2.00. The van der Waals surface area contributed by atoms with Crippen LogP contribution in [0.5, 0.6) is 0 Å². The minimum atomic E-state index is -0.0866. The molecule has 0 fully saturated rings. The van der Waals surface area contributed by atoms with Gasteiger partial charge in [-0.2, -0.15) is 16.9 Å². The monoisotopic (exact) mass is 328 g/mol. The Morgan fingerprint density at radius 2 is 2.05 bits per heavy atom. The molecule has 0 spiro atoms. The summed E-state index contributed by atoms with van der Waals surface area (Å²) in [4.78, 5) is 4.80. The van der Waals surface area contributed by atoms with Crippen LogP contribution in [0.15, 0.2) is 0 Å². The van der Waals surface area contributed by atoms with Gasteiger partial charge in [0.25, 0.3) is 0 Å². The van der Waals surface area contributed by atoms with Crippen LogP contribution in [0, 0.1) is 0 Å². The van der Waals surface area contributed by atoms with E-state index in [-0.39, 0.29) is 5.38 Å². The van der Waals surface area contributed by atoms with Gasteiger partial charge in [-0.05, 0) is 26.0 Å². The highest BCUT2D eigenvalue weighted by molar-refractivity contribution is 7.99. The number of rotatable bonds is 7. The first-order valence-electron chi connectivity index (χ1n) is 7.58. The molecule has 0 bridgehead atoms. The molecule has 0 aromatic carbocycles. The quantitative estimate of drug-likeness (QED) is 0.716. The maximum Gasteiger partial charge on any atom is 0.158 e. The Balaban J connectivity index is 2.46. The summed E-state index contributed by atoms with van der Waals surface area (Å²) in [5.74, 6) is 0.963. The number of halogens is 1. The Morgan fingerprint density at radius 3 is 2.62 bits per heavy atom. The molecule has 6 heteroatoms. The van der Waals surface area contributed by atoms with Gasteiger partial charge in [0, 0.05) is 18.8 Å². The highest BCUT2D eigenvalue weighted by atomic mass is 35.5. The van der Waals surface area contributed by atoms with Gasteiger partial charge >= 0.3 is 0 Å². The molecule has 0 saturated carbocycles. The van der Waals surface area contributed by atoms with E-state index in [1.54, 1.807) is 0 Å². The first kappa shape index (κ1) is 16.7. The highest BCUT2D eigenvalue weighted by Crippen LogP contribution is 2.27. The van der Waals surface area contributed by atoms with Gasteiger partial charge in [0.1, 0.15) is 11.3 Å². The van der Waals surface area contributed by atoms with Crippen molar-refractivity contribution in [3.63, 3.8) is 0 Å². The van der Waals surface area contributed by atoms with Crippen LogP contribution in [0.4, 0.5) is 0 Å². The van der Waals surface area contributed by atoms with E-state index in [0.717, 1.165) is 48.5 Å². The second-order valence-electron chi connectivity index (χ2n) is 5.57. The maximum atomic E-state index is 6.35. The van der Waals surface area contributed by atoms with Crippen LogP contribution in [-0.2, 0) is 20.0 Å². The number of hydrogen-bond donors (Lipinski definition) is 0. The lowest BCUT2D eigenvalue weighted by molar-refractivity contribution is 0.602. The van der Waals surface area contributed by atoms with E-state index in [1.807, 2.05) is 30.4 Å². The molecule has 0 aliphatic heterocycles. The zero-order chi connectivity index (χ0) is 15.6. The zero-order valence-corrected chi connectivity index (χ0v) is 15.1. The van der Waals surface area contributed by atoms with E-state index in [2.05, 4.69) is 29.8 Å². The third-order valence-corrected chi connectivity index (χ3v) is 5.06. The molecule has 0 saturated heterocycles. The van der Waals surface area contributed by atoms with Gasteiger partial charge < -0.3 is 4.57 Å². The summed E-state index contributed by atoms with van der Waals surface area (Å²) in [6.45, 7) is 7.36. The molecular weight excluding hydrogens is 304 g/mol. The van der Waals surface area contributed by atoms with Gasteiger partial charge in [0.15, 0.2) is 5.65 Å². The number of thioether (sulfide) groups is 1. The lowest BCUT2D eigenvalue weighted by Gasteiger charge is -2.13. The van der Waals surface area contributed by atoms with Gasteiger partial charge in [-0.3, -0.25) is 4.68 Å². The van der Waals surface area contributed by atoms with Crippen LogP contribution < -0.4 is 0 Å². The number of alkyl halides is 1. The van der Waals surface area contributed by atoms with E-state index in [4.69, 9.17) is 16.6 Å². The van der Waals surface area contributed by atoms with Crippen molar-refractivity contribution in [3.8, 4) is 0 Å². The minimum Gasteiger partial charge on any atom is -0.312 e. The van der Waals surface area contributed by atoms with Gasteiger partial charge in [-0.15, -0.1) is 11.6 Å². The molecule has 0 aliphatic rings. The van der Waals surface area contributed by atoms with E-state index < -0.39 is 0 Å². The smallest absolute Gasteiger partial charge is 0.158 e. The molecule has 0 N–H and O–H groups in total. The molecule has 2 aromatic heterocycles. The van der Waals surface area contributed by atoms with Crippen molar-refractivity contribution in [1.29, 1.82) is 0 Å². The van der Waals surface area contributed by atoms with Crippen molar-refractivity contribution >= 4 is 34.5 Å². The van der Waals surface area contributed by atoms with Crippen LogP contribution in [0.25, 0.3) is 11.2 Å². The summed E-state index contributed by atoms with van der Waals surface area (Å²) >= 11 is 8.24. The molecule has 2 heterocycles. The van der Waals surface area contributed by atoms with Crippen LogP contribution in [0.1, 0.15) is 50.5 Å². The fourth-order valence-electron chi connectivity index (χ4n) is 2.62. The van der Waals surface area contributed by atoms with E-state index >= 15 is 0 Å². The molecule has 0 radical (unpaired) electrons. The van der Waals surface area contributed by atoms with Crippen LogP contribution in [0.3, 0.4) is 0 Å². The molecule has 21 heavy (non-hydrogen) atoms. The van der Waals surface area contributed by atoms with Crippen LogP contribution >= 0.6 is 23.4 Å². The predicted molar refractivity (Wildman–Crippen MR) is 92.4 cm³/mol. The zero-order valence-electron chi connectivity index (χ0n) is 13.6. The molecule has 0 aliphatic carbocycles. The average Bonchev–Trinajstić information content (AvgIpc) is 2.96. The van der Waals surface area contributed by atoms with Gasteiger partial charge in [-0.25, -0.2) is 4.98 Å². The SMILES string of the molecule is CCCc1nn(C)c2c1nc(C(C)Cl)n2CCC(C)SC. The molecule has 2 aromatic rings. The van der Waals surface area contributed by atoms with Crippen molar-refractivity contribution in [3.05, 3.63) is 11.5 Å². The van der Waals surface area contributed by atoms with Crippen molar-refractivity contribution in [2.75, 3.05) is 6.26 Å². The fourth-order valence-corrected chi connectivity index (χ4v) is 3.12. The van der Waals surface area contributed by atoms with Crippen molar-refractivity contribution in [2.24, 2.45) is 7.05 Å². The number of hydrogen-bond acceptors (Lipinski definition) is 3. The first-order valence-corrected chi connectivity index (χ1v) is 9.30. The number of fused-ring (bicyclic) bond motifs is 1. The molecule has 4 nitrogen and oxygen atoms in total. The molecule has 0 amide bonds. The highest BCUT2D eigenvalue weighted by Gasteiger charge is 2.21.